The molecule has 2 heterocycles. The molecule has 0 aromatic carbocycles. The molecule has 1 aromatic rings. The Balaban J connectivity index is 1.83. The number of hydrogen-bond donors (Lipinski definition) is 1. The third kappa shape index (κ3) is 4.22. The molecular formula is C12H20N4O2S. The topological polar surface area (TPSA) is 67.4 Å². The van der Waals surface area contributed by atoms with Gasteiger partial charge >= 0.3 is 0 Å². The molecule has 1 N–H and O–H groups in total. The van der Waals surface area contributed by atoms with Crippen molar-refractivity contribution in [2.75, 3.05) is 25.0 Å². The van der Waals surface area contributed by atoms with Crippen molar-refractivity contribution in [3.63, 3.8) is 0 Å². The molecule has 0 bridgehead atoms. The van der Waals surface area contributed by atoms with Gasteiger partial charge in [0, 0.05) is 13.1 Å². The van der Waals surface area contributed by atoms with Gasteiger partial charge in [0.15, 0.2) is 0 Å². The molecule has 1 aliphatic heterocycles. The molecule has 0 saturated carbocycles. The minimum absolute atomic E-state index is 0.0416. The van der Waals surface area contributed by atoms with E-state index in [4.69, 9.17) is 4.74 Å². The number of amides is 1. The molecule has 106 valence electrons. The van der Waals surface area contributed by atoms with E-state index in [1.807, 2.05) is 20.8 Å². The predicted molar refractivity (Wildman–Crippen MR) is 74.4 cm³/mol. The van der Waals surface area contributed by atoms with Crippen molar-refractivity contribution in [2.45, 2.75) is 39.4 Å². The number of anilines is 1. The van der Waals surface area contributed by atoms with Gasteiger partial charge in [-0.15, -0.1) is 10.2 Å². The van der Waals surface area contributed by atoms with E-state index >= 15 is 0 Å². The fourth-order valence-electron chi connectivity index (χ4n) is 2.22. The van der Waals surface area contributed by atoms with Crippen LogP contribution in [-0.4, -0.2) is 52.8 Å². The zero-order valence-corrected chi connectivity index (χ0v) is 12.4. The molecule has 1 saturated heterocycles. The van der Waals surface area contributed by atoms with Crippen molar-refractivity contribution >= 4 is 22.4 Å². The Morgan fingerprint density at radius 1 is 1.42 bits per heavy atom. The van der Waals surface area contributed by atoms with Crippen molar-refractivity contribution in [1.82, 2.24) is 15.1 Å². The Kier molecular flexibility index (Phi) is 4.84. The van der Waals surface area contributed by atoms with Crippen LogP contribution in [0.5, 0.6) is 0 Å². The summed E-state index contributed by atoms with van der Waals surface area (Å²) in [5.74, 6) is -0.0416. The van der Waals surface area contributed by atoms with Crippen molar-refractivity contribution in [3.05, 3.63) is 5.01 Å². The highest BCUT2D eigenvalue weighted by Gasteiger charge is 2.23. The van der Waals surface area contributed by atoms with Crippen LogP contribution in [-0.2, 0) is 16.0 Å². The lowest BCUT2D eigenvalue weighted by molar-refractivity contribution is -0.121. The number of hydrogen-bond acceptors (Lipinski definition) is 6. The number of ether oxygens (including phenoxy) is 1. The van der Waals surface area contributed by atoms with Crippen LogP contribution in [0.1, 0.15) is 25.8 Å². The summed E-state index contributed by atoms with van der Waals surface area (Å²) in [6, 6.07) is 0. The summed E-state index contributed by atoms with van der Waals surface area (Å²) in [4.78, 5) is 14.0. The Bertz CT molecular complexity index is 427. The van der Waals surface area contributed by atoms with E-state index in [1.54, 1.807) is 0 Å². The zero-order valence-electron chi connectivity index (χ0n) is 11.5. The minimum Gasteiger partial charge on any atom is -0.373 e. The first-order valence-corrected chi connectivity index (χ1v) is 7.38. The van der Waals surface area contributed by atoms with E-state index < -0.39 is 0 Å². The average molecular weight is 284 g/mol. The Morgan fingerprint density at radius 2 is 2.11 bits per heavy atom. The maximum Gasteiger partial charge on any atom is 0.240 e. The van der Waals surface area contributed by atoms with Crippen molar-refractivity contribution in [2.24, 2.45) is 0 Å². The molecule has 1 aliphatic rings. The van der Waals surface area contributed by atoms with Gasteiger partial charge in [-0.3, -0.25) is 15.0 Å². The van der Waals surface area contributed by atoms with Gasteiger partial charge in [0.1, 0.15) is 5.01 Å². The van der Waals surface area contributed by atoms with Gasteiger partial charge in [-0.1, -0.05) is 18.3 Å². The molecule has 1 fully saturated rings. The number of carbonyl (C=O) groups excluding carboxylic acids is 1. The van der Waals surface area contributed by atoms with Gasteiger partial charge in [-0.05, 0) is 20.3 Å². The molecule has 19 heavy (non-hydrogen) atoms. The lowest BCUT2D eigenvalue weighted by Crippen LogP contribution is -2.48. The van der Waals surface area contributed by atoms with Crippen molar-refractivity contribution in [3.8, 4) is 0 Å². The summed E-state index contributed by atoms with van der Waals surface area (Å²) in [7, 11) is 0. The number of nitrogens with one attached hydrogen (secondary N) is 1. The molecular weight excluding hydrogens is 264 g/mol. The zero-order chi connectivity index (χ0) is 13.8. The highest BCUT2D eigenvalue weighted by atomic mass is 32.1. The van der Waals surface area contributed by atoms with E-state index in [0.29, 0.717) is 11.7 Å². The van der Waals surface area contributed by atoms with Gasteiger partial charge in [0.2, 0.25) is 11.0 Å². The van der Waals surface area contributed by atoms with Crippen LogP contribution >= 0.6 is 11.3 Å². The molecule has 0 aliphatic carbocycles. The van der Waals surface area contributed by atoms with Crippen LogP contribution in [0.2, 0.25) is 0 Å². The van der Waals surface area contributed by atoms with E-state index in [9.17, 15) is 4.79 Å². The van der Waals surface area contributed by atoms with Crippen LogP contribution in [0.3, 0.4) is 0 Å². The molecule has 2 rings (SSSR count). The highest BCUT2D eigenvalue weighted by molar-refractivity contribution is 7.15. The van der Waals surface area contributed by atoms with Crippen molar-refractivity contribution in [1.29, 1.82) is 0 Å². The Morgan fingerprint density at radius 3 is 2.68 bits per heavy atom. The Labute approximate surface area is 117 Å². The number of rotatable bonds is 4. The van der Waals surface area contributed by atoms with Crippen LogP contribution in [0, 0.1) is 0 Å². The Hall–Kier alpha value is -1.05. The highest BCUT2D eigenvalue weighted by Crippen LogP contribution is 2.16. The molecule has 0 spiro atoms. The summed E-state index contributed by atoms with van der Waals surface area (Å²) < 4.78 is 5.64. The summed E-state index contributed by atoms with van der Waals surface area (Å²) in [5, 5.41) is 12.2. The van der Waals surface area contributed by atoms with Gasteiger partial charge in [-0.25, -0.2) is 0 Å². The summed E-state index contributed by atoms with van der Waals surface area (Å²) in [6.07, 6.45) is 1.18. The van der Waals surface area contributed by atoms with Crippen molar-refractivity contribution < 1.29 is 9.53 Å². The molecule has 1 amide bonds. The van der Waals surface area contributed by atoms with E-state index in [-0.39, 0.29) is 18.1 Å². The van der Waals surface area contributed by atoms with Gasteiger partial charge in [0.25, 0.3) is 0 Å². The number of aryl methyl sites for hydroxylation is 1. The largest absolute Gasteiger partial charge is 0.373 e. The van der Waals surface area contributed by atoms with E-state index in [0.717, 1.165) is 24.5 Å². The molecule has 2 unspecified atom stereocenters. The van der Waals surface area contributed by atoms with Crippen LogP contribution in [0.25, 0.3) is 0 Å². The van der Waals surface area contributed by atoms with E-state index in [1.165, 1.54) is 11.3 Å². The molecule has 6 nitrogen and oxygen atoms in total. The van der Waals surface area contributed by atoms with E-state index in [2.05, 4.69) is 20.4 Å². The minimum atomic E-state index is -0.0416. The maximum atomic E-state index is 11.9. The number of nitrogens with zero attached hydrogens (tertiary/aromatic N) is 3. The molecule has 0 radical (unpaired) electrons. The van der Waals surface area contributed by atoms with Gasteiger partial charge in [0.05, 0.1) is 18.8 Å². The van der Waals surface area contributed by atoms with Gasteiger partial charge < -0.3 is 4.74 Å². The van der Waals surface area contributed by atoms with Crippen LogP contribution in [0.15, 0.2) is 0 Å². The average Bonchev–Trinajstić information content (AvgIpc) is 2.74. The second-order valence-corrected chi connectivity index (χ2v) is 5.92. The fraction of sp³-hybridized carbons (Fsp3) is 0.750. The third-order valence-corrected chi connectivity index (χ3v) is 3.86. The summed E-state index contributed by atoms with van der Waals surface area (Å²) >= 11 is 1.43. The summed E-state index contributed by atoms with van der Waals surface area (Å²) in [5.41, 5.74) is 0. The third-order valence-electron chi connectivity index (χ3n) is 2.88. The smallest absolute Gasteiger partial charge is 0.240 e. The molecule has 7 heteroatoms. The lowest BCUT2D eigenvalue weighted by Gasteiger charge is -2.34. The number of morpholine rings is 1. The molecule has 2 atom stereocenters. The number of carbonyl (C=O) groups is 1. The predicted octanol–water partition coefficient (Wildman–Crippen LogP) is 1.15. The monoisotopic (exact) mass is 284 g/mol. The quantitative estimate of drug-likeness (QED) is 0.898. The molecule has 1 aromatic heterocycles. The first-order chi connectivity index (χ1) is 9.06. The number of aromatic nitrogens is 2. The first-order valence-electron chi connectivity index (χ1n) is 6.57. The first kappa shape index (κ1) is 14.4. The second kappa shape index (κ2) is 6.40. The standard InChI is InChI=1S/C12H20N4O2S/c1-4-11-14-15-12(19-11)13-10(17)7-16-5-8(2)18-9(3)6-16/h8-9H,4-7H2,1-3H3,(H,13,15,17). The maximum absolute atomic E-state index is 11.9. The van der Waals surface area contributed by atoms with Gasteiger partial charge in [-0.2, -0.15) is 0 Å². The normalized spacial score (nSPS) is 24.4. The van der Waals surface area contributed by atoms with Crippen LogP contribution < -0.4 is 5.32 Å². The fourth-order valence-corrected chi connectivity index (χ4v) is 2.92. The summed E-state index contributed by atoms with van der Waals surface area (Å²) in [6.45, 7) is 8.02. The SMILES string of the molecule is CCc1nnc(NC(=O)CN2CC(C)OC(C)C2)s1. The van der Waals surface area contributed by atoms with Crippen LogP contribution in [0.4, 0.5) is 5.13 Å². The lowest BCUT2D eigenvalue weighted by atomic mass is 10.2. The second-order valence-electron chi connectivity index (χ2n) is 4.85.